The molecule has 0 atom stereocenters. The summed E-state index contributed by atoms with van der Waals surface area (Å²) in [6, 6.07) is 0. The van der Waals surface area contributed by atoms with Crippen molar-refractivity contribution in [1.82, 2.24) is 0 Å². The molecule has 0 saturated heterocycles. The number of rotatable bonds is 0. The van der Waals surface area contributed by atoms with Crippen LogP contribution in [0.3, 0.4) is 0 Å². The third kappa shape index (κ3) is 151. The molecule has 0 rings (SSSR count). The van der Waals surface area contributed by atoms with Gasteiger partial charge in [0.15, 0.2) is 0 Å². The maximum atomic E-state index is 4.33. The fourth-order valence-electron chi connectivity index (χ4n) is 0. The molecule has 0 radical (unpaired) electrons. The number of halogens is 1. The van der Waals surface area contributed by atoms with Gasteiger partial charge < -0.3 is 21.9 Å². The molecule has 0 aliphatic carbocycles. The van der Waals surface area contributed by atoms with Gasteiger partial charge in [-0.3, -0.25) is 0 Å². The molecule has 0 saturated carbocycles. The second-order valence-corrected chi connectivity index (χ2v) is 0. The van der Waals surface area contributed by atoms with Crippen LogP contribution in [0.4, 0.5) is 0 Å². The molecule has 48 valence electrons. The van der Waals surface area contributed by atoms with Gasteiger partial charge >= 0.3 is 25.0 Å². The Balaban J connectivity index is -0.000000000833. The third-order valence-electron chi connectivity index (χ3n) is 0. The Hall–Kier alpha value is 0.636. The van der Waals surface area contributed by atoms with E-state index in [0.29, 0.717) is 0 Å². The van der Waals surface area contributed by atoms with Crippen LogP contribution in [0.5, 0.6) is 0 Å². The SMILES string of the molecule is O.O.O.O.[Cl][Co]. The van der Waals surface area contributed by atoms with Crippen molar-refractivity contribution < 1.29 is 36.7 Å². The van der Waals surface area contributed by atoms with Crippen LogP contribution in [0.2, 0.25) is 0 Å². The van der Waals surface area contributed by atoms with Crippen LogP contribution in [0.25, 0.3) is 0 Å². The molecule has 0 aromatic rings. The van der Waals surface area contributed by atoms with Crippen molar-refractivity contribution in [2.75, 3.05) is 0 Å². The van der Waals surface area contributed by atoms with Gasteiger partial charge in [-0.25, -0.2) is 0 Å². The number of hydrogen-bond donors (Lipinski definition) is 0. The van der Waals surface area contributed by atoms with E-state index in [0.717, 1.165) is 0 Å². The summed E-state index contributed by atoms with van der Waals surface area (Å²) in [5.74, 6) is 0. The summed E-state index contributed by atoms with van der Waals surface area (Å²) in [5.41, 5.74) is 0. The van der Waals surface area contributed by atoms with Crippen LogP contribution in [-0.2, 0) is 14.8 Å². The summed E-state index contributed by atoms with van der Waals surface area (Å²) in [5, 5.41) is 0. The molecule has 0 aliphatic heterocycles. The van der Waals surface area contributed by atoms with Crippen LogP contribution in [0.15, 0.2) is 0 Å². The van der Waals surface area contributed by atoms with Crippen molar-refractivity contribution in [1.29, 1.82) is 0 Å². The van der Waals surface area contributed by atoms with Crippen molar-refractivity contribution >= 4 is 10.1 Å². The Bertz CT molecular complexity index is 7.51. The zero-order chi connectivity index (χ0) is 2.00. The summed E-state index contributed by atoms with van der Waals surface area (Å²) in [6.07, 6.45) is 0. The van der Waals surface area contributed by atoms with Crippen LogP contribution in [0, 0.1) is 0 Å². The molecule has 0 aliphatic rings. The molecule has 4 nitrogen and oxygen atoms in total. The van der Waals surface area contributed by atoms with E-state index in [-0.39, 0.29) is 21.9 Å². The summed E-state index contributed by atoms with van der Waals surface area (Å²) < 4.78 is 0. The van der Waals surface area contributed by atoms with Crippen molar-refractivity contribution in [2.45, 2.75) is 0 Å². The van der Waals surface area contributed by atoms with Crippen LogP contribution >= 0.6 is 10.1 Å². The second kappa shape index (κ2) is 299. The summed E-state index contributed by atoms with van der Waals surface area (Å²) in [7, 11) is 4.33. The first-order chi connectivity index (χ1) is 1.00. The van der Waals surface area contributed by atoms with E-state index >= 15 is 0 Å². The van der Waals surface area contributed by atoms with Crippen molar-refractivity contribution in [2.24, 2.45) is 0 Å². The summed E-state index contributed by atoms with van der Waals surface area (Å²) >= 11 is 3.03. The van der Waals surface area contributed by atoms with E-state index in [1.807, 2.05) is 0 Å². The minimum absolute atomic E-state index is 0. The number of hydrogen-bond acceptors (Lipinski definition) is 0. The quantitative estimate of drug-likeness (QED) is 0.374. The molecule has 0 fully saturated rings. The first-order valence-electron chi connectivity index (χ1n) is 0.126. The average molecular weight is 166 g/mol. The molecule has 8 N–H and O–H groups in total. The molecule has 0 bridgehead atoms. The first kappa shape index (κ1) is 78.7. The fourth-order valence-corrected chi connectivity index (χ4v) is 0. The van der Waals surface area contributed by atoms with E-state index in [2.05, 4.69) is 25.0 Å². The van der Waals surface area contributed by atoms with Gasteiger partial charge in [0.1, 0.15) is 0 Å². The van der Waals surface area contributed by atoms with E-state index in [1.165, 1.54) is 0 Å². The molecule has 6 heteroatoms. The molecule has 0 unspecified atom stereocenters. The Labute approximate surface area is 47.6 Å². The maximum absolute atomic E-state index is 4.33. The predicted molar refractivity (Wildman–Crippen MR) is 20.3 cm³/mol. The topological polar surface area (TPSA) is 126 Å². The van der Waals surface area contributed by atoms with Crippen LogP contribution in [-0.4, -0.2) is 21.9 Å². The fraction of sp³-hybridized carbons (Fsp3) is 0. The van der Waals surface area contributed by atoms with Gasteiger partial charge in [-0.1, -0.05) is 0 Å². The molecule has 0 heterocycles. The van der Waals surface area contributed by atoms with Crippen molar-refractivity contribution in [3.05, 3.63) is 0 Å². The van der Waals surface area contributed by atoms with Gasteiger partial charge in [0.2, 0.25) is 0 Å². The van der Waals surface area contributed by atoms with E-state index < -0.39 is 0 Å². The van der Waals surface area contributed by atoms with Gasteiger partial charge in [0.05, 0.1) is 0 Å². The first-order valence-corrected chi connectivity index (χ1v) is 1.56. The molecular weight excluding hydrogens is 158 g/mol. The van der Waals surface area contributed by atoms with E-state index in [1.54, 1.807) is 0 Å². The molecule has 0 spiro atoms. The molecule has 6 heavy (non-hydrogen) atoms. The summed E-state index contributed by atoms with van der Waals surface area (Å²) in [4.78, 5) is 0. The van der Waals surface area contributed by atoms with E-state index in [4.69, 9.17) is 0 Å². The minimum atomic E-state index is 0. The molecule has 0 aromatic carbocycles. The average Bonchev–Trinajstić information content (AvgIpc) is 1.00. The van der Waals surface area contributed by atoms with E-state index in [9.17, 15) is 0 Å². The van der Waals surface area contributed by atoms with Crippen molar-refractivity contribution in [3.63, 3.8) is 0 Å². The molecule has 0 amide bonds. The van der Waals surface area contributed by atoms with Gasteiger partial charge in [-0.15, -0.1) is 0 Å². The van der Waals surface area contributed by atoms with Gasteiger partial charge in [0.25, 0.3) is 0 Å². The predicted octanol–water partition coefficient (Wildman–Crippen LogP) is -2.61. The van der Waals surface area contributed by atoms with Gasteiger partial charge in [-0.2, -0.15) is 0 Å². The third-order valence-corrected chi connectivity index (χ3v) is 0. The molecular formula is H8ClCoO4. The zero-order valence-electron chi connectivity index (χ0n) is 2.71. The zero-order valence-corrected chi connectivity index (χ0v) is 4.51. The normalized spacial score (nSPS) is 1.17. The summed E-state index contributed by atoms with van der Waals surface area (Å²) in [6.45, 7) is 0. The monoisotopic (exact) mass is 166 g/mol. The van der Waals surface area contributed by atoms with Crippen LogP contribution in [0.1, 0.15) is 0 Å². The van der Waals surface area contributed by atoms with Crippen LogP contribution < -0.4 is 0 Å². The molecule has 0 aromatic heterocycles. The standard InChI is InChI=1S/ClH.Co.4H2O/h1H;;4*1H2/q;+1;;;;/p-1. The Morgan fingerprint density at radius 2 is 0.667 bits per heavy atom. The Morgan fingerprint density at radius 3 is 0.667 bits per heavy atom. The Morgan fingerprint density at radius 1 is 0.667 bits per heavy atom. The Kier molecular flexibility index (Phi) is 3920. The van der Waals surface area contributed by atoms with Crippen molar-refractivity contribution in [3.8, 4) is 0 Å². The van der Waals surface area contributed by atoms with Gasteiger partial charge in [-0.05, 0) is 0 Å². The van der Waals surface area contributed by atoms with Gasteiger partial charge in [0, 0.05) is 0 Å². The second-order valence-electron chi connectivity index (χ2n) is 0.